The second-order valence-electron chi connectivity index (χ2n) is 4.99. The molecule has 112 valence electrons. The van der Waals surface area contributed by atoms with Crippen molar-refractivity contribution in [2.24, 2.45) is 12.0 Å². The van der Waals surface area contributed by atoms with E-state index in [1.807, 2.05) is 37.6 Å². The van der Waals surface area contributed by atoms with Gasteiger partial charge in [-0.1, -0.05) is 30.3 Å². The van der Waals surface area contributed by atoms with E-state index in [9.17, 15) is 0 Å². The van der Waals surface area contributed by atoms with E-state index in [-0.39, 0.29) is 6.04 Å². The highest BCUT2D eigenvalue weighted by Crippen LogP contribution is 2.10. The lowest BCUT2D eigenvalue weighted by Gasteiger charge is -2.18. The van der Waals surface area contributed by atoms with Crippen LogP contribution in [0.25, 0.3) is 0 Å². The van der Waals surface area contributed by atoms with Crippen molar-refractivity contribution in [2.75, 3.05) is 6.54 Å². The van der Waals surface area contributed by atoms with Gasteiger partial charge in [0.05, 0.1) is 18.8 Å². The number of hydrogen-bond acceptors (Lipinski definition) is 2. The Hall–Kier alpha value is -2.30. The highest BCUT2D eigenvalue weighted by molar-refractivity contribution is 5.80. The van der Waals surface area contributed by atoms with Crippen LogP contribution in [-0.2, 0) is 13.6 Å². The van der Waals surface area contributed by atoms with E-state index < -0.39 is 0 Å². The Bertz CT molecular complexity index is 573. The zero-order valence-corrected chi connectivity index (χ0v) is 12.9. The van der Waals surface area contributed by atoms with E-state index in [4.69, 9.17) is 0 Å². The molecular weight excluding hydrogens is 262 g/mol. The SMILES string of the molecule is CCNC(=NCc1cnn(C)c1)NC(C)c1ccccc1. The number of benzene rings is 1. The minimum atomic E-state index is 0.206. The van der Waals surface area contributed by atoms with Gasteiger partial charge in [-0.3, -0.25) is 4.68 Å². The van der Waals surface area contributed by atoms with Gasteiger partial charge in [0.1, 0.15) is 0 Å². The van der Waals surface area contributed by atoms with Crippen LogP contribution in [0.15, 0.2) is 47.7 Å². The van der Waals surface area contributed by atoms with E-state index >= 15 is 0 Å². The number of aromatic nitrogens is 2. The van der Waals surface area contributed by atoms with E-state index in [1.165, 1.54) is 5.56 Å². The lowest BCUT2D eigenvalue weighted by Crippen LogP contribution is -2.38. The third kappa shape index (κ3) is 4.63. The first kappa shape index (κ1) is 15.1. The van der Waals surface area contributed by atoms with Crippen LogP contribution in [0.1, 0.15) is 31.0 Å². The van der Waals surface area contributed by atoms with Crippen LogP contribution in [0.4, 0.5) is 0 Å². The highest BCUT2D eigenvalue weighted by Gasteiger charge is 2.07. The van der Waals surface area contributed by atoms with Gasteiger partial charge in [0.2, 0.25) is 0 Å². The van der Waals surface area contributed by atoms with Crippen LogP contribution in [0.5, 0.6) is 0 Å². The molecule has 0 aliphatic rings. The van der Waals surface area contributed by atoms with Crippen molar-refractivity contribution in [3.05, 3.63) is 53.9 Å². The molecule has 2 N–H and O–H groups in total. The number of guanidine groups is 1. The standard InChI is InChI=1S/C16H23N5/c1-4-17-16(18-10-14-11-19-21(3)12-14)20-13(2)15-8-6-5-7-9-15/h5-9,11-13H,4,10H2,1-3H3,(H2,17,18,20). The number of rotatable bonds is 5. The molecule has 0 bridgehead atoms. The number of nitrogens with one attached hydrogen (secondary N) is 2. The van der Waals surface area contributed by atoms with Gasteiger partial charge in [0, 0.05) is 25.4 Å². The van der Waals surface area contributed by atoms with Crippen molar-refractivity contribution in [3.8, 4) is 0 Å². The van der Waals surface area contributed by atoms with Gasteiger partial charge in [0.25, 0.3) is 0 Å². The van der Waals surface area contributed by atoms with Crippen molar-refractivity contribution in [1.82, 2.24) is 20.4 Å². The molecule has 2 rings (SSSR count). The molecule has 1 aromatic carbocycles. The van der Waals surface area contributed by atoms with Crippen LogP contribution in [-0.4, -0.2) is 22.3 Å². The Morgan fingerprint density at radius 1 is 1.33 bits per heavy atom. The van der Waals surface area contributed by atoms with Crippen molar-refractivity contribution >= 4 is 5.96 Å². The molecule has 2 aromatic rings. The summed E-state index contributed by atoms with van der Waals surface area (Å²) < 4.78 is 1.79. The van der Waals surface area contributed by atoms with Crippen LogP contribution >= 0.6 is 0 Å². The minimum Gasteiger partial charge on any atom is -0.357 e. The second kappa shape index (κ2) is 7.47. The quantitative estimate of drug-likeness (QED) is 0.654. The molecule has 0 spiro atoms. The third-order valence-corrected chi connectivity index (χ3v) is 3.18. The average Bonchev–Trinajstić information content (AvgIpc) is 2.91. The van der Waals surface area contributed by atoms with Crippen LogP contribution in [0.3, 0.4) is 0 Å². The summed E-state index contributed by atoms with van der Waals surface area (Å²) in [7, 11) is 1.91. The largest absolute Gasteiger partial charge is 0.357 e. The van der Waals surface area contributed by atoms with Crippen LogP contribution < -0.4 is 10.6 Å². The summed E-state index contributed by atoms with van der Waals surface area (Å²) in [5, 5.41) is 10.9. The first-order valence-corrected chi connectivity index (χ1v) is 7.26. The molecular formula is C16H23N5. The van der Waals surface area contributed by atoms with Gasteiger partial charge >= 0.3 is 0 Å². The number of hydrogen-bond donors (Lipinski definition) is 2. The summed E-state index contributed by atoms with van der Waals surface area (Å²) in [6.07, 6.45) is 3.82. The smallest absolute Gasteiger partial charge is 0.192 e. The van der Waals surface area contributed by atoms with Gasteiger partial charge in [-0.15, -0.1) is 0 Å². The molecule has 0 aliphatic carbocycles. The average molecular weight is 285 g/mol. The summed E-state index contributed by atoms with van der Waals surface area (Å²) in [6, 6.07) is 10.6. The molecule has 21 heavy (non-hydrogen) atoms. The van der Waals surface area contributed by atoms with Crippen molar-refractivity contribution in [1.29, 1.82) is 0 Å². The monoisotopic (exact) mass is 285 g/mol. The van der Waals surface area contributed by atoms with E-state index in [0.717, 1.165) is 18.1 Å². The van der Waals surface area contributed by atoms with Crippen molar-refractivity contribution in [2.45, 2.75) is 26.4 Å². The first-order chi connectivity index (χ1) is 10.2. The predicted molar refractivity (Wildman–Crippen MR) is 86.0 cm³/mol. The maximum atomic E-state index is 4.60. The van der Waals surface area contributed by atoms with Crippen molar-refractivity contribution < 1.29 is 0 Å². The minimum absolute atomic E-state index is 0.206. The summed E-state index contributed by atoms with van der Waals surface area (Å²) in [6.45, 7) is 5.64. The molecule has 0 radical (unpaired) electrons. The topological polar surface area (TPSA) is 54.2 Å². The highest BCUT2D eigenvalue weighted by atomic mass is 15.2. The fraction of sp³-hybridized carbons (Fsp3) is 0.375. The zero-order chi connectivity index (χ0) is 15.1. The van der Waals surface area contributed by atoms with E-state index in [2.05, 4.69) is 46.7 Å². The molecule has 5 heteroatoms. The maximum absolute atomic E-state index is 4.60. The molecule has 0 saturated heterocycles. The van der Waals surface area contributed by atoms with Gasteiger partial charge in [-0.2, -0.15) is 5.10 Å². The van der Waals surface area contributed by atoms with Gasteiger partial charge in [0.15, 0.2) is 5.96 Å². The molecule has 5 nitrogen and oxygen atoms in total. The summed E-state index contributed by atoms with van der Waals surface area (Å²) in [5.74, 6) is 0.817. The summed E-state index contributed by atoms with van der Waals surface area (Å²) in [4.78, 5) is 4.60. The molecule has 1 unspecified atom stereocenters. The number of aryl methyl sites for hydroxylation is 1. The lowest BCUT2D eigenvalue weighted by atomic mass is 10.1. The Balaban J connectivity index is 2.01. The number of aliphatic imine (C=N–C) groups is 1. The molecule has 1 atom stereocenters. The van der Waals surface area contributed by atoms with Gasteiger partial charge in [-0.05, 0) is 19.4 Å². The van der Waals surface area contributed by atoms with Crippen LogP contribution in [0, 0.1) is 0 Å². The molecule has 0 aliphatic heterocycles. The Morgan fingerprint density at radius 3 is 2.71 bits per heavy atom. The maximum Gasteiger partial charge on any atom is 0.192 e. The van der Waals surface area contributed by atoms with Crippen LogP contribution in [0.2, 0.25) is 0 Å². The zero-order valence-electron chi connectivity index (χ0n) is 12.9. The lowest BCUT2D eigenvalue weighted by molar-refractivity contribution is 0.686. The molecule has 1 aromatic heterocycles. The fourth-order valence-electron chi connectivity index (χ4n) is 2.07. The van der Waals surface area contributed by atoms with E-state index in [0.29, 0.717) is 6.54 Å². The number of nitrogens with zero attached hydrogens (tertiary/aromatic N) is 3. The molecule has 1 heterocycles. The second-order valence-corrected chi connectivity index (χ2v) is 4.99. The van der Waals surface area contributed by atoms with E-state index in [1.54, 1.807) is 4.68 Å². The first-order valence-electron chi connectivity index (χ1n) is 7.26. The third-order valence-electron chi connectivity index (χ3n) is 3.18. The molecule has 0 amide bonds. The predicted octanol–water partition coefficient (Wildman–Crippen LogP) is 2.24. The Morgan fingerprint density at radius 2 is 2.10 bits per heavy atom. The Kier molecular flexibility index (Phi) is 5.37. The fourth-order valence-corrected chi connectivity index (χ4v) is 2.07. The van der Waals surface area contributed by atoms with Crippen molar-refractivity contribution in [3.63, 3.8) is 0 Å². The van der Waals surface area contributed by atoms with Gasteiger partial charge < -0.3 is 10.6 Å². The molecule has 0 saturated carbocycles. The summed E-state index contributed by atoms with van der Waals surface area (Å²) >= 11 is 0. The summed E-state index contributed by atoms with van der Waals surface area (Å²) in [5.41, 5.74) is 2.34. The molecule has 0 fully saturated rings. The normalized spacial score (nSPS) is 13.0. The Labute approximate surface area is 126 Å². The van der Waals surface area contributed by atoms with Gasteiger partial charge in [-0.25, -0.2) is 4.99 Å².